The Labute approximate surface area is 77.2 Å². The van der Waals surface area contributed by atoms with Crippen LogP contribution in [0.3, 0.4) is 0 Å². The fourth-order valence-electron chi connectivity index (χ4n) is 2.23. The van der Waals surface area contributed by atoms with Crippen molar-refractivity contribution in [3.8, 4) is 0 Å². The van der Waals surface area contributed by atoms with Crippen LogP contribution in [0.25, 0.3) is 10.9 Å². The van der Waals surface area contributed by atoms with Crippen LogP contribution in [0.15, 0.2) is 24.4 Å². The van der Waals surface area contributed by atoms with Crippen molar-refractivity contribution in [1.29, 1.82) is 0 Å². The van der Waals surface area contributed by atoms with Crippen LogP contribution in [0.1, 0.15) is 11.1 Å². The Hall–Kier alpha value is -1.28. The van der Waals surface area contributed by atoms with Gasteiger partial charge in [0.2, 0.25) is 0 Å². The molecule has 66 valence electrons. The highest BCUT2D eigenvalue weighted by Gasteiger charge is 2.13. The fourth-order valence-corrected chi connectivity index (χ4v) is 2.23. The van der Waals surface area contributed by atoms with Crippen LogP contribution in [0, 0.1) is 0 Å². The maximum atomic E-state index is 3.40. The summed E-state index contributed by atoms with van der Waals surface area (Å²) in [6, 6.07) is 6.53. The van der Waals surface area contributed by atoms with Crippen molar-refractivity contribution in [2.45, 2.75) is 13.1 Å². The first-order valence-electron chi connectivity index (χ1n) is 4.63. The summed E-state index contributed by atoms with van der Waals surface area (Å²) in [5.41, 5.74) is 4.22. The van der Waals surface area contributed by atoms with Crippen LogP contribution >= 0.6 is 0 Å². The molecule has 1 aliphatic heterocycles. The number of nitrogens with one attached hydrogen (secondary N) is 1. The van der Waals surface area contributed by atoms with E-state index in [1.165, 1.54) is 22.0 Å². The zero-order chi connectivity index (χ0) is 8.84. The van der Waals surface area contributed by atoms with Crippen LogP contribution < -0.4 is 5.32 Å². The van der Waals surface area contributed by atoms with Gasteiger partial charge < -0.3 is 9.88 Å². The van der Waals surface area contributed by atoms with E-state index < -0.39 is 0 Å². The summed E-state index contributed by atoms with van der Waals surface area (Å²) in [6.07, 6.45) is 2.22. The molecule has 0 atom stereocenters. The highest BCUT2D eigenvalue weighted by atomic mass is 14.9. The molecular formula is C11H12N2. The first-order valence-corrected chi connectivity index (χ1v) is 4.63. The van der Waals surface area contributed by atoms with E-state index in [0.717, 1.165) is 13.1 Å². The zero-order valence-electron chi connectivity index (χ0n) is 7.67. The van der Waals surface area contributed by atoms with Crippen molar-refractivity contribution < 1.29 is 0 Å². The van der Waals surface area contributed by atoms with E-state index >= 15 is 0 Å². The first-order chi connectivity index (χ1) is 6.36. The van der Waals surface area contributed by atoms with Crippen LogP contribution in [0.4, 0.5) is 0 Å². The Morgan fingerprint density at radius 2 is 2.08 bits per heavy atom. The molecule has 1 aliphatic rings. The second-order valence-corrected chi connectivity index (χ2v) is 3.68. The average molecular weight is 172 g/mol. The fraction of sp³-hybridized carbons (Fsp3) is 0.273. The van der Waals surface area contributed by atoms with E-state index in [1.54, 1.807) is 0 Å². The van der Waals surface area contributed by atoms with Crippen LogP contribution in [-0.4, -0.2) is 4.57 Å². The summed E-state index contributed by atoms with van der Waals surface area (Å²) in [4.78, 5) is 0. The van der Waals surface area contributed by atoms with Gasteiger partial charge in [-0.2, -0.15) is 0 Å². The van der Waals surface area contributed by atoms with E-state index in [9.17, 15) is 0 Å². The maximum Gasteiger partial charge on any atom is 0.0484 e. The summed E-state index contributed by atoms with van der Waals surface area (Å²) in [5.74, 6) is 0. The molecule has 0 bridgehead atoms. The number of rotatable bonds is 0. The lowest BCUT2D eigenvalue weighted by Gasteiger charge is -2.12. The number of aryl methyl sites for hydroxylation is 1. The molecule has 0 radical (unpaired) electrons. The second kappa shape index (κ2) is 2.36. The van der Waals surface area contributed by atoms with Crippen molar-refractivity contribution in [3.05, 3.63) is 35.5 Å². The summed E-state index contributed by atoms with van der Waals surface area (Å²) >= 11 is 0. The molecule has 0 saturated carbocycles. The molecule has 0 amide bonds. The molecule has 2 aromatic rings. The van der Waals surface area contributed by atoms with Gasteiger partial charge in [-0.15, -0.1) is 0 Å². The van der Waals surface area contributed by atoms with Crippen molar-refractivity contribution in [3.63, 3.8) is 0 Å². The lowest BCUT2D eigenvalue weighted by atomic mass is 10.0. The number of nitrogens with zero attached hydrogens (tertiary/aromatic N) is 1. The standard InChI is InChI=1S/C11H12N2/c1-13-7-9-6-12-5-8-3-2-4-10(13)11(8)9/h2-4,7,12H,5-6H2,1H3. The molecule has 0 saturated heterocycles. The van der Waals surface area contributed by atoms with Gasteiger partial charge in [-0.05, 0) is 17.2 Å². The third kappa shape index (κ3) is 0.864. The van der Waals surface area contributed by atoms with Crippen molar-refractivity contribution in [2.75, 3.05) is 0 Å². The van der Waals surface area contributed by atoms with Crippen molar-refractivity contribution >= 4 is 10.9 Å². The molecule has 13 heavy (non-hydrogen) atoms. The lowest BCUT2D eigenvalue weighted by Crippen LogP contribution is -2.16. The molecule has 1 aromatic heterocycles. The molecule has 2 heteroatoms. The molecule has 0 fully saturated rings. The third-order valence-electron chi connectivity index (χ3n) is 2.81. The molecule has 2 nitrogen and oxygen atoms in total. The molecule has 0 aliphatic carbocycles. The van der Waals surface area contributed by atoms with Gasteiger partial charge in [-0.25, -0.2) is 0 Å². The number of aromatic nitrogens is 1. The summed E-state index contributed by atoms with van der Waals surface area (Å²) in [6.45, 7) is 2.02. The SMILES string of the molecule is Cn1cc2c3c(cccc31)CNC2. The summed E-state index contributed by atoms with van der Waals surface area (Å²) in [7, 11) is 2.11. The van der Waals surface area contributed by atoms with Gasteiger partial charge in [0, 0.05) is 37.2 Å². The Morgan fingerprint density at radius 1 is 1.23 bits per heavy atom. The zero-order valence-corrected chi connectivity index (χ0v) is 7.67. The molecule has 3 rings (SSSR count). The number of hydrogen-bond donors (Lipinski definition) is 1. The minimum atomic E-state index is 1.01. The van der Waals surface area contributed by atoms with Gasteiger partial charge in [0.15, 0.2) is 0 Å². The van der Waals surface area contributed by atoms with E-state index in [0.29, 0.717) is 0 Å². The molecule has 2 heterocycles. The van der Waals surface area contributed by atoms with Gasteiger partial charge >= 0.3 is 0 Å². The van der Waals surface area contributed by atoms with Gasteiger partial charge in [0.05, 0.1) is 0 Å². The van der Waals surface area contributed by atoms with Gasteiger partial charge in [0.1, 0.15) is 0 Å². The minimum absolute atomic E-state index is 1.01. The van der Waals surface area contributed by atoms with E-state index in [4.69, 9.17) is 0 Å². The van der Waals surface area contributed by atoms with Crippen LogP contribution in [0.2, 0.25) is 0 Å². The van der Waals surface area contributed by atoms with Gasteiger partial charge in [0.25, 0.3) is 0 Å². The summed E-state index contributed by atoms with van der Waals surface area (Å²) in [5, 5.41) is 4.86. The largest absolute Gasteiger partial charge is 0.350 e. The normalized spacial score (nSPS) is 15.2. The lowest BCUT2D eigenvalue weighted by molar-refractivity contribution is 0.683. The molecule has 1 N–H and O–H groups in total. The van der Waals surface area contributed by atoms with Crippen molar-refractivity contribution in [1.82, 2.24) is 9.88 Å². The van der Waals surface area contributed by atoms with Crippen molar-refractivity contribution in [2.24, 2.45) is 7.05 Å². The van der Waals surface area contributed by atoms with E-state index in [2.05, 4.69) is 41.3 Å². The van der Waals surface area contributed by atoms with E-state index in [1.807, 2.05) is 0 Å². The predicted molar refractivity (Wildman–Crippen MR) is 53.5 cm³/mol. The Bertz CT molecular complexity index is 468. The number of hydrogen-bond acceptors (Lipinski definition) is 1. The van der Waals surface area contributed by atoms with E-state index in [-0.39, 0.29) is 0 Å². The quantitative estimate of drug-likeness (QED) is 0.641. The van der Waals surface area contributed by atoms with Crippen LogP contribution in [-0.2, 0) is 20.1 Å². The average Bonchev–Trinajstić information content (AvgIpc) is 2.47. The molecular weight excluding hydrogens is 160 g/mol. The van der Waals surface area contributed by atoms with Crippen LogP contribution in [0.5, 0.6) is 0 Å². The Morgan fingerprint density at radius 3 is 3.00 bits per heavy atom. The maximum absolute atomic E-state index is 3.40. The minimum Gasteiger partial charge on any atom is -0.350 e. The monoisotopic (exact) mass is 172 g/mol. The Kier molecular flexibility index (Phi) is 1.30. The second-order valence-electron chi connectivity index (χ2n) is 3.68. The first kappa shape index (κ1) is 7.15. The molecule has 0 unspecified atom stereocenters. The molecule has 1 aromatic carbocycles. The topological polar surface area (TPSA) is 17.0 Å². The number of benzene rings is 1. The highest BCUT2D eigenvalue weighted by Crippen LogP contribution is 2.27. The smallest absolute Gasteiger partial charge is 0.0484 e. The summed E-state index contributed by atoms with van der Waals surface area (Å²) < 4.78 is 2.21. The third-order valence-corrected chi connectivity index (χ3v) is 2.81. The van der Waals surface area contributed by atoms with Gasteiger partial charge in [-0.3, -0.25) is 0 Å². The predicted octanol–water partition coefficient (Wildman–Crippen LogP) is 1.78. The molecule has 0 spiro atoms. The Balaban J connectivity index is 2.51. The van der Waals surface area contributed by atoms with Gasteiger partial charge in [-0.1, -0.05) is 12.1 Å². The highest BCUT2D eigenvalue weighted by molar-refractivity contribution is 5.87.